The average Bonchev–Trinajstić information content (AvgIpc) is 2.36. The molecule has 0 saturated heterocycles. The van der Waals surface area contributed by atoms with Crippen molar-refractivity contribution >= 4 is 11.4 Å². The van der Waals surface area contributed by atoms with E-state index in [1.54, 1.807) is 6.07 Å². The first-order valence-electron chi connectivity index (χ1n) is 6.13. The highest BCUT2D eigenvalue weighted by atomic mass is 19.1. The summed E-state index contributed by atoms with van der Waals surface area (Å²) >= 11 is 0. The smallest absolute Gasteiger partial charge is 0.167 e. The largest absolute Gasteiger partial charge is 0.494 e. The van der Waals surface area contributed by atoms with E-state index in [0.717, 1.165) is 26.0 Å². The van der Waals surface area contributed by atoms with Gasteiger partial charge in [0.2, 0.25) is 0 Å². The predicted molar refractivity (Wildman–Crippen MR) is 71.6 cm³/mol. The first-order valence-corrected chi connectivity index (χ1v) is 6.13. The van der Waals surface area contributed by atoms with Crippen molar-refractivity contribution in [2.75, 3.05) is 37.9 Å². The molecule has 3 N–H and O–H groups in total. The molecular weight excluding hydrogens is 235 g/mol. The molecule has 0 bridgehead atoms. The van der Waals surface area contributed by atoms with Crippen molar-refractivity contribution < 1.29 is 13.9 Å². The second kappa shape index (κ2) is 7.76. The van der Waals surface area contributed by atoms with Crippen molar-refractivity contribution in [2.45, 2.75) is 19.8 Å². The third-order valence-corrected chi connectivity index (χ3v) is 2.45. The molecule has 102 valence electrons. The van der Waals surface area contributed by atoms with Gasteiger partial charge in [0.05, 0.1) is 18.5 Å². The van der Waals surface area contributed by atoms with Gasteiger partial charge in [-0.2, -0.15) is 0 Å². The number of nitrogens with two attached hydrogens (primary N) is 1. The SMILES string of the molecule is CCCOCCCNc1cc(OC)c(F)cc1N. The van der Waals surface area contributed by atoms with Gasteiger partial charge in [-0.15, -0.1) is 0 Å². The maximum atomic E-state index is 13.3. The molecule has 0 fully saturated rings. The van der Waals surface area contributed by atoms with E-state index < -0.39 is 5.82 Å². The molecule has 0 radical (unpaired) electrons. The summed E-state index contributed by atoms with van der Waals surface area (Å²) in [6, 6.07) is 2.83. The molecule has 0 aromatic heterocycles. The van der Waals surface area contributed by atoms with Crippen LogP contribution in [-0.2, 0) is 4.74 Å². The molecule has 0 unspecified atom stereocenters. The van der Waals surface area contributed by atoms with E-state index in [1.165, 1.54) is 13.2 Å². The van der Waals surface area contributed by atoms with E-state index in [-0.39, 0.29) is 5.75 Å². The average molecular weight is 256 g/mol. The van der Waals surface area contributed by atoms with Gasteiger partial charge in [0.25, 0.3) is 0 Å². The van der Waals surface area contributed by atoms with E-state index in [4.69, 9.17) is 15.2 Å². The number of benzene rings is 1. The highest BCUT2D eigenvalue weighted by Crippen LogP contribution is 2.27. The Labute approximate surface area is 107 Å². The van der Waals surface area contributed by atoms with Crippen LogP contribution in [0.25, 0.3) is 0 Å². The molecule has 0 aliphatic carbocycles. The Kier molecular flexibility index (Phi) is 6.28. The molecule has 18 heavy (non-hydrogen) atoms. The third kappa shape index (κ3) is 4.41. The number of methoxy groups -OCH3 is 1. The van der Waals surface area contributed by atoms with Crippen LogP contribution in [0.4, 0.5) is 15.8 Å². The number of hydrogen-bond donors (Lipinski definition) is 2. The molecule has 1 rings (SSSR count). The molecular formula is C13H21FN2O2. The number of hydrogen-bond acceptors (Lipinski definition) is 4. The fourth-order valence-corrected chi connectivity index (χ4v) is 1.52. The van der Waals surface area contributed by atoms with Crippen molar-refractivity contribution in [2.24, 2.45) is 0 Å². The zero-order valence-electron chi connectivity index (χ0n) is 11.0. The monoisotopic (exact) mass is 256 g/mol. The lowest BCUT2D eigenvalue weighted by molar-refractivity contribution is 0.134. The fraction of sp³-hybridized carbons (Fsp3) is 0.538. The molecule has 0 spiro atoms. The third-order valence-electron chi connectivity index (χ3n) is 2.45. The summed E-state index contributed by atoms with van der Waals surface area (Å²) in [4.78, 5) is 0. The molecule has 1 aromatic rings. The number of rotatable bonds is 8. The maximum Gasteiger partial charge on any atom is 0.167 e. The molecule has 5 heteroatoms. The van der Waals surface area contributed by atoms with Crippen LogP contribution in [0.2, 0.25) is 0 Å². The van der Waals surface area contributed by atoms with E-state index in [2.05, 4.69) is 12.2 Å². The van der Waals surface area contributed by atoms with Crippen LogP contribution in [0.3, 0.4) is 0 Å². The summed E-state index contributed by atoms with van der Waals surface area (Å²) in [5, 5.41) is 3.14. The highest BCUT2D eigenvalue weighted by Gasteiger charge is 2.07. The molecule has 0 atom stereocenters. The van der Waals surface area contributed by atoms with Gasteiger partial charge < -0.3 is 20.5 Å². The minimum absolute atomic E-state index is 0.189. The highest BCUT2D eigenvalue weighted by molar-refractivity contribution is 5.68. The zero-order valence-corrected chi connectivity index (χ0v) is 11.0. The number of ether oxygens (including phenoxy) is 2. The summed E-state index contributed by atoms with van der Waals surface area (Å²) in [5.41, 5.74) is 6.78. The van der Waals surface area contributed by atoms with Gasteiger partial charge in [0, 0.05) is 31.9 Å². The van der Waals surface area contributed by atoms with Crippen LogP contribution in [0.1, 0.15) is 19.8 Å². The van der Waals surface area contributed by atoms with Gasteiger partial charge in [-0.05, 0) is 12.8 Å². The molecule has 0 aliphatic heterocycles. The van der Waals surface area contributed by atoms with Crippen molar-refractivity contribution in [1.82, 2.24) is 0 Å². The van der Waals surface area contributed by atoms with Crippen molar-refractivity contribution in [3.63, 3.8) is 0 Å². The quantitative estimate of drug-likeness (QED) is 0.554. The summed E-state index contributed by atoms with van der Waals surface area (Å²) in [5.74, 6) is -0.263. The first kappa shape index (κ1) is 14.6. The van der Waals surface area contributed by atoms with Crippen LogP contribution in [0.15, 0.2) is 12.1 Å². The van der Waals surface area contributed by atoms with Crippen LogP contribution in [-0.4, -0.2) is 26.9 Å². The van der Waals surface area contributed by atoms with E-state index in [1.807, 2.05) is 0 Å². The maximum absolute atomic E-state index is 13.3. The van der Waals surface area contributed by atoms with Crippen LogP contribution in [0, 0.1) is 5.82 Å². The molecule has 1 aromatic carbocycles. The minimum Gasteiger partial charge on any atom is -0.494 e. The number of nitrogens with one attached hydrogen (secondary N) is 1. The van der Waals surface area contributed by atoms with Gasteiger partial charge in [-0.1, -0.05) is 6.92 Å². The van der Waals surface area contributed by atoms with Crippen LogP contribution >= 0.6 is 0 Å². The lowest BCUT2D eigenvalue weighted by Crippen LogP contribution is -2.08. The number of anilines is 2. The summed E-state index contributed by atoms with van der Waals surface area (Å²) in [7, 11) is 1.43. The van der Waals surface area contributed by atoms with Crippen LogP contribution < -0.4 is 15.8 Å². The van der Waals surface area contributed by atoms with Gasteiger partial charge in [-0.25, -0.2) is 4.39 Å². The second-order valence-corrected chi connectivity index (χ2v) is 3.97. The Hall–Kier alpha value is -1.49. The molecule has 0 saturated carbocycles. The molecule has 0 aliphatic rings. The van der Waals surface area contributed by atoms with Crippen molar-refractivity contribution in [3.8, 4) is 5.75 Å². The lowest BCUT2D eigenvalue weighted by Gasteiger charge is -2.11. The van der Waals surface area contributed by atoms with Gasteiger partial charge in [-0.3, -0.25) is 0 Å². The van der Waals surface area contributed by atoms with Crippen molar-refractivity contribution in [3.05, 3.63) is 17.9 Å². The Morgan fingerprint density at radius 3 is 2.78 bits per heavy atom. The summed E-state index contributed by atoms with van der Waals surface area (Å²) in [6.45, 7) is 4.29. The standard InChI is InChI=1S/C13H21FN2O2/c1-3-6-18-7-4-5-16-12-9-13(17-2)10(14)8-11(12)15/h8-9,16H,3-7,15H2,1-2H3. The molecule has 4 nitrogen and oxygen atoms in total. The summed E-state index contributed by atoms with van der Waals surface area (Å²) < 4.78 is 23.6. The Morgan fingerprint density at radius 1 is 1.33 bits per heavy atom. The molecule has 0 heterocycles. The fourth-order valence-electron chi connectivity index (χ4n) is 1.52. The van der Waals surface area contributed by atoms with E-state index >= 15 is 0 Å². The Bertz CT molecular complexity index is 372. The minimum atomic E-state index is -0.452. The van der Waals surface area contributed by atoms with Crippen molar-refractivity contribution in [1.29, 1.82) is 0 Å². The van der Waals surface area contributed by atoms with Gasteiger partial charge in [0.1, 0.15) is 0 Å². The topological polar surface area (TPSA) is 56.5 Å². The van der Waals surface area contributed by atoms with Gasteiger partial charge >= 0.3 is 0 Å². The molecule has 0 amide bonds. The van der Waals surface area contributed by atoms with E-state index in [9.17, 15) is 4.39 Å². The summed E-state index contributed by atoms with van der Waals surface area (Å²) in [6.07, 6.45) is 1.90. The second-order valence-electron chi connectivity index (χ2n) is 3.97. The zero-order chi connectivity index (χ0) is 13.4. The Morgan fingerprint density at radius 2 is 2.11 bits per heavy atom. The lowest BCUT2D eigenvalue weighted by atomic mass is 10.2. The predicted octanol–water partition coefficient (Wildman–Crippen LogP) is 2.65. The Balaban J connectivity index is 2.42. The van der Waals surface area contributed by atoms with Gasteiger partial charge in [0.15, 0.2) is 11.6 Å². The number of nitrogen functional groups attached to an aromatic ring is 1. The van der Waals surface area contributed by atoms with E-state index in [0.29, 0.717) is 18.0 Å². The number of halogens is 1. The normalized spacial score (nSPS) is 10.4. The first-order chi connectivity index (χ1) is 8.69. The van der Waals surface area contributed by atoms with Crippen LogP contribution in [0.5, 0.6) is 5.75 Å².